The Bertz CT molecular complexity index is 701. The maximum absolute atomic E-state index is 12.9. The van der Waals surface area contributed by atoms with Crippen LogP contribution in [0.4, 0.5) is 0 Å². The third kappa shape index (κ3) is 3.37. The fraction of sp³-hybridized carbons (Fsp3) is 0.688. The van der Waals surface area contributed by atoms with Crippen LogP contribution in [0.3, 0.4) is 0 Å². The Balaban J connectivity index is 1.75. The number of likely N-dealkylation sites (tertiary alicyclic amines) is 1. The van der Waals surface area contributed by atoms with Crippen molar-refractivity contribution in [2.45, 2.75) is 36.4 Å². The van der Waals surface area contributed by atoms with E-state index in [4.69, 9.17) is 0 Å². The second-order valence-electron chi connectivity index (χ2n) is 6.64. The van der Waals surface area contributed by atoms with Crippen molar-refractivity contribution < 1.29 is 13.2 Å². The number of amides is 1. The van der Waals surface area contributed by atoms with Gasteiger partial charge in [0.05, 0.1) is 0 Å². The van der Waals surface area contributed by atoms with Crippen molar-refractivity contribution in [3.8, 4) is 0 Å². The first-order valence-electron chi connectivity index (χ1n) is 8.45. The van der Waals surface area contributed by atoms with E-state index in [-0.39, 0.29) is 5.91 Å². The minimum absolute atomic E-state index is 0.0250. The van der Waals surface area contributed by atoms with Crippen LogP contribution in [-0.4, -0.2) is 62.8 Å². The zero-order chi connectivity index (χ0) is 17.3. The molecule has 1 aromatic heterocycles. The normalized spacial score (nSPS) is 25.5. The summed E-state index contributed by atoms with van der Waals surface area (Å²) in [5, 5.41) is 3.15. The van der Waals surface area contributed by atoms with E-state index in [1.54, 1.807) is 6.07 Å². The minimum atomic E-state index is -3.57. The predicted molar refractivity (Wildman–Crippen MR) is 94.6 cm³/mol. The quantitative estimate of drug-likeness (QED) is 0.846. The molecule has 0 bridgehead atoms. The number of aryl methyl sites for hydroxylation is 1. The van der Waals surface area contributed by atoms with Crippen LogP contribution in [-0.2, 0) is 14.8 Å². The fourth-order valence-corrected chi connectivity index (χ4v) is 6.70. The molecule has 0 aliphatic carbocycles. The molecule has 6 nitrogen and oxygen atoms in total. The molecule has 1 amide bonds. The van der Waals surface area contributed by atoms with Crippen LogP contribution in [0.25, 0.3) is 0 Å². The Hall–Kier alpha value is -0.960. The van der Waals surface area contributed by atoms with Crippen molar-refractivity contribution in [1.29, 1.82) is 0 Å². The molecule has 2 saturated heterocycles. The van der Waals surface area contributed by atoms with E-state index >= 15 is 0 Å². The highest BCUT2D eigenvalue weighted by molar-refractivity contribution is 7.91. The van der Waals surface area contributed by atoms with Crippen LogP contribution in [0.2, 0.25) is 0 Å². The number of carbonyl (C=O) groups excluding carboxylic acids is 1. The van der Waals surface area contributed by atoms with Crippen LogP contribution in [0.5, 0.6) is 0 Å². The van der Waals surface area contributed by atoms with Gasteiger partial charge in [-0.3, -0.25) is 4.79 Å². The summed E-state index contributed by atoms with van der Waals surface area (Å²) in [6.45, 7) is 4.67. The van der Waals surface area contributed by atoms with Gasteiger partial charge in [-0.15, -0.1) is 11.3 Å². The zero-order valence-corrected chi connectivity index (χ0v) is 15.8. The van der Waals surface area contributed by atoms with Crippen molar-refractivity contribution in [2.24, 2.45) is 5.92 Å². The highest BCUT2D eigenvalue weighted by Crippen LogP contribution is 2.31. The van der Waals surface area contributed by atoms with Gasteiger partial charge in [-0.05, 0) is 57.8 Å². The summed E-state index contributed by atoms with van der Waals surface area (Å²) >= 11 is 1.27. The molecule has 2 aliphatic rings. The molecule has 134 valence electrons. The second-order valence-corrected chi connectivity index (χ2v) is 10.0. The molecule has 2 fully saturated rings. The Kier molecular flexibility index (Phi) is 5.29. The Morgan fingerprint density at radius 2 is 2.12 bits per heavy atom. The fourth-order valence-electron chi connectivity index (χ4n) is 3.64. The lowest BCUT2D eigenvalue weighted by molar-refractivity contribution is -0.133. The van der Waals surface area contributed by atoms with Crippen LogP contribution in [0, 0.1) is 12.8 Å². The van der Waals surface area contributed by atoms with E-state index in [0.717, 1.165) is 37.4 Å². The molecule has 2 unspecified atom stereocenters. The molecule has 1 N–H and O–H groups in total. The van der Waals surface area contributed by atoms with Gasteiger partial charge in [0.2, 0.25) is 5.91 Å². The van der Waals surface area contributed by atoms with Crippen LogP contribution in [0.1, 0.15) is 24.1 Å². The standard InChI is InChI=1S/C16H25N3O3S2/c1-12-5-6-15(23-12)24(21,22)19-8-3-4-14(19)16(20)18-9-7-13(11-18)10-17-2/h5-6,13-14,17H,3-4,7-11H2,1-2H3. The van der Waals surface area contributed by atoms with Crippen molar-refractivity contribution >= 4 is 27.3 Å². The summed E-state index contributed by atoms with van der Waals surface area (Å²) in [4.78, 5) is 15.7. The van der Waals surface area contributed by atoms with E-state index in [1.807, 2.05) is 24.9 Å². The molecule has 3 heterocycles. The maximum Gasteiger partial charge on any atom is 0.253 e. The average molecular weight is 372 g/mol. The summed E-state index contributed by atoms with van der Waals surface area (Å²) in [7, 11) is -1.66. The summed E-state index contributed by atoms with van der Waals surface area (Å²) < 4.78 is 27.6. The molecule has 0 spiro atoms. The lowest BCUT2D eigenvalue weighted by atomic mass is 10.1. The average Bonchev–Trinajstić information content (AvgIpc) is 3.26. The summed E-state index contributed by atoms with van der Waals surface area (Å²) in [5.41, 5.74) is 0. The Morgan fingerprint density at radius 1 is 1.33 bits per heavy atom. The van der Waals surface area contributed by atoms with Gasteiger partial charge in [-0.2, -0.15) is 4.31 Å². The number of thiophene rings is 1. The van der Waals surface area contributed by atoms with Gasteiger partial charge in [0.25, 0.3) is 10.0 Å². The molecule has 3 rings (SSSR count). The predicted octanol–water partition coefficient (Wildman–Crippen LogP) is 1.28. The van der Waals surface area contributed by atoms with Crippen LogP contribution < -0.4 is 5.32 Å². The zero-order valence-electron chi connectivity index (χ0n) is 14.2. The highest BCUT2D eigenvalue weighted by atomic mass is 32.2. The molecule has 24 heavy (non-hydrogen) atoms. The van der Waals surface area contributed by atoms with E-state index in [2.05, 4.69) is 5.32 Å². The van der Waals surface area contributed by atoms with E-state index < -0.39 is 16.1 Å². The van der Waals surface area contributed by atoms with Crippen molar-refractivity contribution in [3.05, 3.63) is 17.0 Å². The number of nitrogens with zero attached hydrogens (tertiary/aromatic N) is 2. The highest BCUT2D eigenvalue weighted by Gasteiger charge is 2.42. The molecule has 0 aromatic carbocycles. The first-order chi connectivity index (χ1) is 11.4. The third-order valence-corrected chi connectivity index (χ3v) is 8.23. The maximum atomic E-state index is 12.9. The minimum Gasteiger partial charge on any atom is -0.341 e. The lowest BCUT2D eigenvalue weighted by Gasteiger charge is -2.27. The summed E-state index contributed by atoms with van der Waals surface area (Å²) in [6.07, 6.45) is 2.35. The van der Waals surface area contributed by atoms with Gasteiger partial charge in [0.15, 0.2) is 0 Å². The topological polar surface area (TPSA) is 69.7 Å². The first kappa shape index (κ1) is 17.8. The van der Waals surface area contributed by atoms with Crippen molar-refractivity contribution in [3.63, 3.8) is 0 Å². The molecular weight excluding hydrogens is 346 g/mol. The van der Waals surface area contributed by atoms with E-state index in [0.29, 0.717) is 23.1 Å². The van der Waals surface area contributed by atoms with Crippen LogP contribution >= 0.6 is 11.3 Å². The van der Waals surface area contributed by atoms with Crippen molar-refractivity contribution in [1.82, 2.24) is 14.5 Å². The lowest BCUT2D eigenvalue weighted by Crippen LogP contribution is -2.47. The Labute approximate surface area is 147 Å². The number of hydrogen-bond donors (Lipinski definition) is 1. The number of rotatable bonds is 5. The van der Waals surface area contributed by atoms with Crippen molar-refractivity contribution in [2.75, 3.05) is 33.2 Å². The van der Waals surface area contributed by atoms with Gasteiger partial charge in [-0.25, -0.2) is 8.42 Å². The largest absolute Gasteiger partial charge is 0.341 e. The van der Waals surface area contributed by atoms with Gasteiger partial charge >= 0.3 is 0 Å². The molecular formula is C16H25N3O3S2. The number of hydrogen-bond acceptors (Lipinski definition) is 5. The number of nitrogens with one attached hydrogen (secondary N) is 1. The van der Waals surface area contributed by atoms with Gasteiger partial charge in [0, 0.05) is 24.5 Å². The molecule has 0 radical (unpaired) electrons. The Morgan fingerprint density at radius 3 is 2.79 bits per heavy atom. The molecule has 1 aromatic rings. The summed E-state index contributed by atoms with van der Waals surface area (Å²) in [6, 6.07) is 2.92. The number of carbonyl (C=O) groups is 1. The molecule has 2 aliphatic heterocycles. The third-order valence-electron chi connectivity index (χ3n) is 4.86. The van der Waals surface area contributed by atoms with Gasteiger partial charge < -0.3 is 10.2 Å². The van der Waals surface area contributed by atoms with Gasteiger partial charge in [-0.1, -0.05) is 0 Å². The molecule has 2 atom stereocenters. The molecule has 0 saturated carbocycles. The van der Waals surface area contributed by atoms with E-state index in [1.165, 1.54) is 15.6 Å². The summed E-state index contributed by atoms with van der Waals surface area (Å²) in [5.74, 6) is 0.438. The first-order valence-corrected chi connectivity index (χ1v) is 10.7. The second kappa shape index (κ2) is 7.11. The smallest absolute Gasteiger partial charge is 0.253 e. The monoisotopic (exact) mass is 371 g/mol. The van der Waals surface area contributed by atoms with E-state index in [9.17, 15) is 13.2 Å². The van der Waals surface area contributed by atoms with Crippen LogP contribution in [0.15, 0.2) is 16.3 Å². The molecule has 8 heteroatoms. The SMILES string of the molecule is CNCC1CCN(C(=O)C2CCCN2S(=O)(=O)c2ccc(C)s2)C1. The number of sulfonamides is 1. The van der Waals surface area contributed by atoms with Gasteiger partial charge in [0.1, 0.15) is 10.3 Å².